The highest BCUT2D eigenvalue weighted by atomic mass is 16.5. The first-order chi connectivity index (χ1) is 10.7. The molecule has 1 unspecified atom stereocenters. The molecule has 5 nitrogen and oxygen atoms in total. The van der Waals surface area contributed by atoms with Crippen molar-refractivity contribution < 1.29 is 19.4 Å². The van der Waals surface area contributed by atoms with Crippen LogP contribution < -0.4 is 14.8 Å². The Morgan fingerprint density at radius 2 is 2.00 bits per heavy atom. The Morgan fingerprint density at radius 1 is 1.23 bits per heavy atom. The molecular weight excluding hydrogens is 282 g/mol. The van der Waals surface area contributed by atoms with E-state index < -0.39 is 0 Å². The molecule has 1 aliphatic rings. The van der Waals surface area contributed by atoms with Crippen LogP contribution in [0.15, 0.2) is 48.5 Å². The lowest BCUT2D eigenvalue weighted by molar-refractivity contribution is -0.124. The molecule has 0 fully saturated rings. The quantitative estimate of drug-likeness (QED) is 0.909. The highest BCUT2D eigenvalue weighted by molar-refractivity contribution is 5.78. The molecule has 5 heteroatoms. The van der Waals surface area contributed by atoms with Gasteiger partial charge in [-0.1, -0.05) is 30.3 Å². The van der Waals surface area contributed by atoms with Crippen molar-refractivity contribution >= 4 is 5.91 Å². The lowest BCUT2D eigenvalue weighted by atomic mass is 10.0. The summed E-state index contributed by atoms with van der Waals surface area (Å²) in [4.78, 5) is 12.0. The standard InChI is InChI=1S/C17H17NO4/c19-14-6-2-4-8-16(14)22-11-17(20)18-13-9-10-21-15-7-3-1-5-12(13)15/h1-8,13,19H,9-11H2,(H,18,20). The van der Waals surface area contributed by atoms with E-state index in [9.17, 15) is 9.90 Å². The third-order valence-corrected chi connectivity index (χ3v) is 3.52. The molecule has 2 N–H and O–H groups in total. The predicted octanol–water partition coefficient (Wildman–Crippen LogP) is 2.41. The van der Waals surface area contributed by atoms with Crippen LogP contribution in [0.2, 0.25) is 0 Å². The third-order valence-electron chi connectivity index (χ3n) is 3.52. The topological polar surface area (TPSA) is 67.8 Å². The minimum absolute atomic E-state index is 0.0201. The van der Waals surface area contributed by atoms with E-state index in [0.29, 0.717) is 12.4 Å². The number of aromatic hydroxyl groups is 1. The molecule has 0 saturated carbocycles. The maximum Gasteiger partial charge on any atom is 0.258 e. The summed E-state index contributed by atoms with van der Waals surface area (Å²) in [6.45, 7) is 0.430. The van der Waals surface area contributed by atoms with Crippen molar-refractivity contribution in [2.24, 2.45) is 0 Å². The van der Waals surface area contributed by atoms with Gasteiger partial charge in [0.05, 0.1) is 12.6 Å². The summed E-state index contributed by atoms with van der Waals surface area (Å²) in [6, 6.07) is 14.2. The zero-order chi connectivity index (χ0) is 15.4. The molecule has 0 aliphatic carbocycles. The Kier molecular flexibility index (Phi) is 4.14. The number of hydrogen-bond donors (Lipinski definition) is 2. The first-order valence-corrected chi connectivity index (χ1v) is 7.16. The summed E-state index contributed by atoms with van der Waals surface area (Å²) in [7, 11) is 0. The minimum atomic E-state index is -0.232. The predicted molar refractivity (Wildman–Crippen MR) is 81.0 cm³/mol. The minimum Gasteiger partial charge on any atom is -0.504 e. The van der Waals surface area contributed by atoms with Crippen molar-refractivity contribution in [1.29, 1.82) is 0 Å². The Bertz CT molecular complexity index is 671. The van der Waals surface area contributed by atoms with Gasteiger partial charge >= 0.3 is 0 Å². The van der Waals surface area contributed by atoms with Crippen LogP contribution >= 0.6 is 0 Å². The van der Waals surface area contributed by atoms with Gasteiger partial charge in [0.2, 0.25) is 0 Å². The molecule has 1 aliphatic heterocycles. The number of nitrogens with one attached hydrogen (secondary N) is 1. The van der Waals surface area contributed by atoms with E-state index >= 15 is 0 Å². The van der Waals surface area contributed by atoms with E-state index in [-0.39, 0.29) is 24.3 Å². The van der Waals surface area contributed by atoms with Gasteiger partial charge in [-0.25, -0.2) is 0 Å². The summed E-state index contributed by atoms with van der Waals surface area (Å²) in [6.07, 6.45) is 0.722. The number of hydrogen-bond acceptors (Lipinski definition) is 4. The van der Waals surface area contributed by atoms with E-state index in [4.69, 9.17) is 9.47 Å². The number of phenolic OH excluding ortho intramolecular Hbond substituents is 1. The number of para-hydroxylation sites is 3. The molecule has 22 heavy (non-hydrogen) atoms. The second kappa shape index (κ2) is 6.39. The van der Waals surface area contributed by atoms with E-state index in [1.807, 2.05) is 24.3 Å². The van der Waals surface area contributed by atoms with Crippen LogP contribution in [0, 0.1) is 0 Å². The fourth-order valence-corrected chi connectivity index (χ4v) is 2.45. The highest BCUT2D eigenvalue weighted by Gasteiger charge is 2.22. The molecule has 0 spiro atoms. The second-order valence-corrected chi connectivity index (χ2v) is 5.05. The van der Waals surface area contributed by atoms with Crippen LogP contribution in [0.4, 0.5) is 0 Å². The normalized spacial score (nSPS) is 16.3. The Balaban J connectivity index is 1.60. The molecule has 2 aromatic rings. The number of fused-ring (bicyclic) bond motifs is 1. The van der Waals surface area contributed by atoms with Crippen LogP contribution in [-0.4, -0.2) is 24.2 Å². The van der Waals surface area contributed by atoms with Gasteiger partial charge in [-0.05, 0) is 18.2 Å². The third kappa shape index (κ3) is 3.14. The smallest absolute Gasteiger partial charge is 0.258 e. The molecule has 0 saturated heterocycles. The number of carbonyl (C=O) groups excluding carboxylic acids is 1. The monoisotopic (exact) mass is 299 g/mol. The summed E-state index contributed by atoms with van der Waals surface area (Å²) in [5.41, 5.74) is 0.977. The van der Waals surface area contributed by atoms with Crippen LogP contribution in [0.5, 0.6) is 17.2 Å². The van der Waals surface area contributed by atoms with Gasteiger partial charge in [0.15, 0.2) is 18.1 Å². The fraction of sp³-hybridized carbons (Fsp3) is 0.235. The summed E-state index contributed by atoms with van der Waals surface area (Å²) in [5.74, 6) is 0.891. The van der Waals surface area contributed by atoms with Gasteiger partial charge < -0.3 is 19.9 Å². The Hall–Kier alpha value is -2.69. The van der Waals surface area contributed by atoms with Crippen molar-refractivity contribution in [2.75, 3.05) is 13.2 Å². The van der Waals surface area contributed by atoms with Gasteiger partial charge in [0.1, 0.15) is 5.75 Å². The maximum absolute atomic E-state index is 12.0. The van der Waals surface area contributed by atoms with E-state index in [1.165, 1.54) is 6.07 Å². The molecule has 114 valence electrons. The van der Waals surface area contributed by atoms with Crippen molar-refractivity contribution in [2.45, 2.75) is 12.5 Å². The van der Waals surface area contributed by atoms with Crippen LogP contribution in [0.3, 0.4) is 0 Å². The van der Waals surface area contributed by atoms with Gasteiger partial charge in [0.25, 0.3) is 5.91 Å². The van der Waals surface area contributed by atoms with Crippen molar-refractivity contribution in [3.05, 3.63) is 54.1 Å². The molecule has 1 amide bonds. The molecule has 1 heterocycles. The Labute approximate surface area is 128 Å². The van der Waals surface area contributed by atoms with E-state index in [0.717, 1.165) is 17.7 Å². The number of rotatable bonds is 4. The highest BCUT2D eigenvalue weighted by Crippen LogP contribution is 2.31. The largest absolute Gasteiger partial charge is 0.504 e. The van der Waals surface area contributed by atoms with E-state index in [2.05, 4.69) is 5.32 Å². The summed E-state index contributed by atoms with van der Waals surface area (Å²) < 4.78 is 10.9. The van der Waals surface area contributed by atoms with Crippen molar-refractivity contribution in [3.63, 3.8) is 0 Å². The number of phenols is 1. The van der Waals surface area contributed by atoms with Gasteiger partial charge in [0, 0.05) is 12.0 Å². The SMILES string of the molecule is O=C(COc1ccccc1O)NC1CCOc2ccccc21. The zero-order valence-electron chi connectivity index (χ0n) is 12.0. The van der Waals surface area contributed by atoms with Crippen molar-refractivity contribution in [3.8, 4) is 17.2 Å². The summed E-state index contributed by atoms with van der Waals surface area (Å²) in [5, 5.41) is 12.5. The van der Waals surface area contributed by atoms with Gasteiger partial charge in [-0.15, -0.1) is 0 Å². The van der Waals surface area contributed by atoms with Gasteiger partial charge in [-0.2, -0.15) is 0 Å². The fourth-order valence-electron chi connectivity index (χ4n) is 2.45. The lowest BCUT2D eigenvalue weighted by Crippen LogP contribution is -2.35. The molecule has 0 aromatic heterocycles. The Morgan fingerprint density at radius 3 is 2.86 bits per heavy atom. The van der Waals surface area contributed by atoms with Crippen LogP contribution in [-0.2, 0) is 4.79 Å². The number of carbonyl (C=O) groups is 1. The zero-order valence-corrected chi connectivity index (χ0v) is 12.0. The molecule has 0 radical (unpaired) electrons. The number of amides is 1. The van der Waals surface area contributed by atoms with Gasteiger partial charge in [-0.3, -0.25) is 4.79 Å². The molecule has 2 aromatic carbocycles. The maximum atomic E-state index is 12.0. The average Bonchev–Trinajstić information content (AvgIpc) is 2.54. The lowest BCUT2D eigenvalue weighted by Gasteiger charge is -2.26. The molecular formula is C17H17NO4. The number of ether oxygens (including phenoxy) is 2. The molecule has 1 atom stereocenters. The average molecular weight is 299 g/mol. The first kappa shape index (κ1) is 14.3. The summed E-state index contributed by atoms with van der Waals surface area (Å²) >= 11 is 0. The second-order valence-electron chi connectivity index (χ2n) is 5.05. The van der Waals surface area contributed by atoms with Crippen LogP contribution in [0.25, 0.3) is 0 Å². The molecule has 3 rings (SSSR count). The number of benzene rings is 2. The van der Waals surface area contributed by atoms with E-state index in [1.54, 1.807) is 18.2 Å². The molecule has 0 bridgehead atoms. The van der Waals surface area contributed by atoms with Crippen molar-refractivity contribution in [1.82, 2.24) is 5.32 Å². The van der Waals surface area contributed by atoms with Crippen LogP contribution in [0.1, 0.15) is 18.0 Å². The first-order valence-electron chi connectivity index (χ1n) is 7.16.